The minimum Gasteiger partial charge on any atom is -0.392 e. The number of aliphatic hydroxyl groups is 1. The molecule has 0 saturated carbocycles. The van der Waals surface area contributed by atoms with Crippen molar-refractivity contribution in [2.75, 3.05) is 18.0 Å². The Kier molecular flexibility index (Phi) is 3.59. The first kappa shape index (κ1) is 13.3. The molecule has 0 amide bonds. The predicted molar refractivity (Wildman–Crippen MR) is 79.9 cm³/mol. The molecule has 2 heterocycles. The Labute approximate surface area is 119 Å². The van der Waals surface area contributed by atoms with Gasteiger partial charge in [-0.25, -0.2) is 4.98 Å². The van der Waals surface area contributed by atoms with Crippen LogP contribution in [0, 0.1) is 0 Å². The summed E-state index contributed by atoms with van der Waals surface area (Å²) in [6.07, 6.45) is 0.358. The van der Waals surface area contributed by atoms with Crippen molar-refractivity contribution in [3.05, 3.63) is 35.9 Å². The van der Waals surface area contributed by atoms with Gasteiger partial charge in [0.05, 0.1) is 24.3 Å². The third-order valence-corrected chi connectivity index (χ3v) is 3.67. The molecule has 2 atom stereocenters. The molecule has 2 aromatic rings. The number of aliphatic hydroxyl groups excluding tert-OH is 1. The Bertz CT molecular complexity index is 604. The second-order valence-electron chi connectivity index (χ2n) is 5.48. The van der Waals surface area contributed by atoms with Crippen LogP contribution in [0.2, 0.25) is 0 Å². The monoisotopic (exact) mass is 272 g/mol. The van der Waals surface area contributed by atoms with E-state index in [9.17, 15) is 5.11 Å². The van der Waals surface area contributed by atoms with Crippen molar-refractivity contribution in [3.8, 4) is 0 Å². The van der Waals surface area contributed by atoms with E-state index in [1.807, 2.05) is 30.3 Å². The van der Waals surface area contributed by atoms with Gasteiger partial charge in [-0.3, -0.25) is 0 Å². The Hall–Kier alpha value is -1.65. The number of hydrogen-bond donors (Lipinski definition) is 1. The summed E-state index contributed by atoms with van der Waals surface area (Å²) >= 11 is 0. The van der Waals surface area contributed by atoms with Crippen molar-refractivity contribution in [2.24, 2.45) is 0 Å². The Morgan fingerprint density at radius 2 is 1.95 bits per heavy atom. The van der Waals surface area contributed by atoms with Gasteiger partial charge in [-0.15, -0.1) is 0 Å². The van der Waals surface area contributed by atoms with Gasteiger partial charge in [0.15, 0.2) is 0 Å². The van der Waals surface area contributed by atoms with Crippen LogP contribution in [0.3, 0.4) is 0 Å². The van der Waals surface area contributed by atoms with Gasteiger partial charge in [-0.2, -0.15) is 0 Å². The molecule has 1 N–H and O–H groups in total. The molecule has 0 spiro atoms. The van der Waals surface area contributed by atoms with E-state index in [1.165, 1.54) is 0 Å². The van der Waals surface area contributed by atoms with Crippen molar-refractivity contribution in [3.63, 3.8) is 0 Å². The highest BCUT2D eigenvalue weighted by Crippen LogP contribution is 2.26. The first-order valence-corrected chi connectivity index (χ1v) is 7.07. The molecule has 1 aliphatic rings. The lowest BCUT2D eigenvalue weighted by Crippen LogP contribution is -2.46. The Morgan fingerprint density at radius 3 is 2.65 bits per heavy atom. The zero-order valence-electron chi connectivity index (χ0n) is 11.9. The highest BCUT2D eigenvalue weighted by atomic mass is 16.5. The lowest BCUT2D eigenvalue weighted by molar-refractivity contribution is -0.00555. The summed E-state index contributed by atoms with van der Waals surface area (Å²) in [6.45, 7) is 5.77. The number of rotatable bonds is 2. The normalized spacial score (nSPS) is 23.2. The molecule has 0 bridgehead atoms. The van der Waals surface area contributed by atoms with Crippen LogP contribution in [0.25, 0.3) is 10.9 Å². The van der Waals surface area contributed by atoms with Crippen LogP contribution in [-0.4, -0.2) is 35.4 Å². The fourth-order valence-corrected chi connectivity index (χ4v) is 2.89. The van der Waals surface area contributed by atoms with Gasteiger partial charge in [0.25, 0.3) is 0 Å². The molecule has 4 nitrogen and oxygen atoms in total. The van der Waals surface area contributed by atoms with Gasteiger partial charge in [0.1, 0.15) is 5.82 Å². The van der Waals surface area contributed by atoms with Gasteiger partial charge < -0.3 is 14.7 Å². The highest BCUT2D eigenvalue weighted by molar-refractivity contribution is 5.81. The number of anilines is 1. The van der Waals surface area contributed by atoms with Crippen molar-refractivity contribution in [1.82, 2.24) is 4.98 Å². The topological polar surface area (TPSA) is 45.6 Å². The van der Waals surface area contributed by atoms with Crippen molar-refractivity contribution in [1.29, 1.82) is 0 Å². The number of ether oxygens (including phenoxy) is 1. The van der Waals surface area contributed by atoms with Crippen molar-refractivity contribution < 1.29 is 9.84 Å². The molecular weight excluding hydrogens is 252 g/mol. The van der Waals surface area contributed by atoms with Crippen LogP contribution in [0.5, 0.6) is 0 Å². The van der Waals surface area contributed by atoms with E-state index in [1.54, 1.807) is 0 Å². The Balaban J connectivity index is 2.04. The van der Waals surface area contributed by atoms with Crippen LogP contribution in [-0.2, 0) is 11.3 Å². The molecule has 1 saturated heterocycles. The van der Waals surface area contributed by atoms with Crippen molar-refractivity contribution >= 4 is 16.7 Å². The van der Waals surface area contributed by atoms with E-state index < -0.39 is 0 Å². The van der Waals surface area contributed by atoms with Crippen LogP contribution in [0.4, 0.5) is 5.82 Å². The quantitative estimate of drug-likeness (QED) is 0.911. The van der Waals surface area contributed by atoms with Gasteiger partial charge in [-0.05, 0) is 26.0 Å². The van der Waals surface area contributed by atoms with Gasteiger partial charge >= 0.3 is 0 Å². The molecule has 2 unspecified atom stereocenters. The van der Waals surface area contributed by atoms with Gasteiger partial charge in [0.2, 0.25) is 0 Å². The zero-order valence-corrected chi connectivity index (χ0v) is 11.9. The van der Waals surface area contributed by atoms with E-state index in [4.69, 9.17) is 9.72 Å². The molecular formula is C16H20N2O2. The maximum atomic E-state index is 9.64. The SMILES string of the molecule is CC1CN(c2nc3ccccc3cc2CO)CC(C)O1. The molecule has 0 radical (unpaired) electrons. The summed E-state index contributed by atoms with van der Waals surface area (Å²) in [4.78, 5) is 6.97. The third kappa shape index (κ3) is 2.49. The van der Waals surface area contributed by atoms with Crippen LogP contribution >= 0.6 is 0 Å². The molecule has 1 aromatic heterocycles. The van der Waals surface area contributed by atoms with E-state index >= 15 is 0 Å². The Morgan fingerprint density at radius 1 is 1.25 bits per heavy atom. The number of aromatic nitrogens is 1. The summed E-state index contributed by atoms with van der Waals surface area (Å²) in [5.41, 5.74) is 1.84. The smallest absolute Gasteiger partial charge is 0.135 e. The van der Waals surface area contributed by atoms with E-state index in [-0.39, 0.29) is 18.8 Å². The minimum absolute atomic E-state index is 0.00723. The molecule has 3 rings (SSSR count). The van der Waals surface area contributed by atoms with E-state index in [0.29, 0.717) is 0 Å². The zero-order chi connectivity index (χ0) is 14.1. The molecule has 1 aromatic carbocycles. The van der Waals surface area contributed by atoms with Gasteiger partial charge in [-0.1, -0.05) is 18.2 Å². The maximum absolute atomic E-state index is 9.64. The number of hydrogen-bond acceptors (Lipinski definition) is 4. The standard InChI is InChI=1S/C16H20N2O2/c1-11-8-18(9-12(2)20-11)16-14(10-19)7-13-5-3-4-6-15(13)17-16/h3-7,11-12,19H,8-10H2,1-2H3. The highest BCUT2D eigenvalue weighted by Gasteiger charge is 2.25. The molecule has 1 aliphatic heterocycles. The van der Waals surface area contributed by atoms with Crippen LogP contribution in [0.1, 0.15) is 19.4 Å². The largest absolute Gasteiger partial charge is 0.392 e. The molecule has 20 heavy (non-hydrogen) atoms. The minimum atomic E-state index is 0.00723. The average molecular weight is 272 g/mol. The number of morpholine rings is 1. The number of para-hydroxylation sites is 1. The molecule has 106 valence electrons. The molecule has 0 aliphatic carbocycles. The summed E-state index contributed by atoms with van der Waals surface area (Å²) in [5, 5.41) is 10.7. The third-order valence-electron chi connectivity index (χ3n) is 3.67. The number of fused-ring (bicyclic) bond motifs is 1. The van der Waals surface area contributed by atoms with Gasteiger partial charge in [0, 0.05) is 24.0 Å². The number of nitrogens with zero attached hydrogens (tertiary/aromatic N) is 2. The summed E-state index contributed by atoms with van der Waals surface area (Å²) in [6, 6.07) is 10.0. The van der Waals surface area contributed by atoms with Crippen molar-refractivity contribution in [2.45, 2.75) is 32.7 Å². The first-order valence-electron chi connectivity index (χ1n) is 7.07. The maximum Gasteiger partial charge on any atom is 0.135 e. The lowest BCUT2D eigenvalue weighted by Gasteiger charge is -2.37. The van der Waals surface area contributed by atoms with E-state index in [2.05, 4.69) is 18.7 Å². The predicted octanol–water partition coefficient (Wildman–Crippen LogP) is 2.34. The summed E-state index contributed by atoms with van der Waals surface area (Å²) < 4.78 is 5.77. The molecule has 4 heteroatoms. The first-order chi connectivity index (χ1) is 9.67. The molecule has 1 fully saturated rings. The average Bonchev–Trinajstić information content (AvgIpc) is 2.44. The summed E-state index contributed by atoms with van der Waals surface area (Å²) in [7, 11) is 0. The fraction of sp³-hybridized carbons (Fsp3) is 0.438. The number of benzene rings is 1. The van der Waals surface area contributed by atoms with Crippen LogP contribution in [0.15, 0.2) is 30.3 Å². The second-order valence-corrected chi connectivity index (χ2v) is 5.48. The number of pyridine rings is 1. The lowest BCUT2D eigenvalue weighted by atomic mass is 10.1. The fourth-order valence-electron chi connectivity index (χ4n) is 2.89. The van der Waals surface area contributed by atoms with Crippen LogP contribution < -0.4 is 4.90 Å². The second kappa shape index (κ2) is 5.38. The van der Waals surface area contributed by atoms with E-state index in [0.717, 1.165) is 35.4 Å². The summed E-state index contributed by atoms with van der Waals surface area (Å²) in [5.74, 6) is 0.883.